The van der Waals surface area contributed by atoms with Crippen LogP contribution in [-0.4, -0.2) is 42.4 Å². The highest BCUT2D eigenvalue weighted by molar-refractivity contribution is 7.12. The molecule has 0 spiro atoms. The van der Waals surface area contributed by atoms with Gasteiger partial charge in [0.1, 0.15) is 0 Å². The van der Waals surface area contributed by atoms with Crippen molar-refractivity contribution >= 4 is 23.0 Å². The van der Waals surface area contributed by atoms with Crippen LogP contribution in [0.1, 0.15) is 61.0 Å². The smallest absolute Gasteiger partial charge is 0.223 e. The van der Waals surface area contributed by atoms with Gasteiger partial charge in [0.25, 0.3) is 0 Å². The first-order valence-electron chi connectivity index (χ1n) is 9.06. The number of carbonyl (C=O) groups excluding carboxylic acids is 2. The van der Waals surface area contributed by atoms with Gasteiger partial charge in [-0.3, -0.25) is 9.59 Å². The molecule has 0 N–H and O–H groups in total. The first-order valence-corrected chi connectivity index (χ1v) is 9.94. The predicted octanol–water partition coefficient (Wildman–Crippen LogP) is 3.91. The third-order valence-electron chi connectivity index (χ3n) is 5.45. The molecule has 0 radical (unpaired) electrons. The molecule has 4 nitrogen and oxygen atoms in total. The molecule has 0 aromatic carbocycles. The number of ketones is 1. The minimum Gasteiger partial charge on any atom is -0.381 e. The van der Waals surface area contributed by atoms with Crippen LogP contribution in [0.25, 0.3) is 0 Å². The molecule has 0 unspecified atom stereocenters. The Morgan fingerprint density at radius 2 is 2.12 bits per heavy atom. The van der Waals surface area contributed by atoms with Crippen LogP contribution in [0.3, 0.4) is 0 Å². The molecular weight excluding hydrogens is 322 g/mol. The fourth-order valence-electron chi connectivity index (χ4n) is 4.13. The van der Waals surface area contributed by atoms with Crippen LogP contribution in [0.4, 0.5) is 0 Å². The zero-order valence-corrected chi connectivity index (χ0v) is 15.2. The van der Waals surface area contributed by atoms with E-state index in [-0.39, 0.29) is 17.7 Å². The third kappa shape index (κ3) is 4.25. The molecule has 3 atom stereocenters. The molecule has 1 saturated heterocycles. The van der Waals surface area contributed by atoms with Crippen LogP contribution in [0.2, 0.25) is 0 Å². The fourth-order valence-corrected chi connectivity index (χ4v) is 4.81. The first-order chi connectivity index (χ1) is 11.7. The van der Waals surface area contributed by atoms with Gasteiger partial charge in [-0.15, -0.1) is 11.3 Å². The van der Waals surface area contributed by atoms with Gasteiger partial charge in [-0.25, -0.2) is 0 Å². The Balaban J connectivity index is 1.54. The molecule has 132 valence electrons. The molecule has 3 rings (SSSR count). The van der Waals surface area contributed by atoms with E-state index in [0.29, 0.717) is 24.9 Å². The van der Waals surface area contributed by atoms with Crippen molar-refractivity contribution in [3.63, 3.8) is 0 Å². The molecule has 1 aromatic heterocycles. The highest BCUT2D eigenvalue weighted by Gasteiger charge is 2.33. The van der Waals surface area contributed by atoms with Crippen LogP contribution >= 0.6 is 11.3 Å². The fraction of sp³-hybridized carbons (Fsp3) is 0.684. The highest BCUT2D eigenvalue weighted by atomic mass is 32.1. The van der Waals surface area contributed by atoms with Gasteiger partial charge in [0.05, 0.1) is 11.0 Å². The van der Waals surface area contributed by atoms with Gasteiger partial charge in [-0.1, -0.05) is 12.5 Å². The maximum absolute atomic E-state index is 12.8. The van der Waals surface area contributed by atoms with Gasteiger partial charge in [-0.05, 0) is 49.5 Å². The van der Waals surface area contributed by atoms with Crippen LogP contribution < -0.4 is 0 Å². The molecule has 1 amide bonds. The molecule has 2 fully saturated rings. The topological polar surface area (TPSA) is 46.6 Å². The lowest BCUT2D eigenvalue weighted by Gasteiger charge is -2.30. The molecule has 2 heterocycles. The maximum Gasteiger partial charge on any atom is 0.223 e. The summed E-state index contributed by atoms with van der Waals surface area (Å²) in [5, 5.41) is 1.93. The molecule has 5 heteroatoms. The Labute approximate surface area is 148 Å². The van der Waals surface area contributed by atoms with Gasteiger partial charge in [-0.2, -0.15) is 0 Å². The summed E-state index contributed by atoms with van der Waals surface area (Å²) in [6.07, 6.45) is 7.74. The van der Waals surface area contributed by atoms with Gasteiger partial charge in [0, 0.05) is 32.5 Å². The summed E-state index contributed by atoms with van der Waals surface area (Å²) < 4.78 is 5.48. The van der Waals surface area contributed by atoms with Crippen LogP contribution in [0.15, 0.2) is 17.5 Å². The quantitative estimate of drug-likeness (QED) is 0.732. The predicted molar refractivity (Wildman–Crippen MR) is 95.4 cm³/mol. The number of carbonyl (C=O) groups is 2. The highest BCUT2D eigenvalue weighted by Crippen LogP contribution is 2.31. The monoisotopic (exact) mass is 349 g/mol. The van der Waals surface area contributed by atoms with Gasteiger partial charge in [0.15, 0.2) is 5.78 Å². The molecule has 1 saturated carbocycles. The normalized spacial score (nSPS) is 27.4. The van der Waals surface area contributed by atoms with Crippen molar-refractivity contribution in [1.29, 1.82) is 0 Å². The summed E-state index contributed by atoms with van der Waals surface area (Å²) in [5.74, 6) is 0.843. The largest absolute Gasteiger partial charge is 0.381 e. The van der Waals surface area contributed by atoms with Crippen molar-refractivity contribution in [2.24, 2.45) is 5.92 Å². The number of Topliss-reactive ketones (excluding diaryl/α,β-unsaturated/α-hetero) is 1. The zero-order chi connectivity index (χ0) is 16.9. The third-order valence-corrected chi connectivity index (χ3v) is 6.36. The Kier molecular flexibility index (Phi) is 6.06. The molecule has 0 bridgehead atoms. The van der Waals surface area contributed by atoms with Crippen molar-refractivity contribution in [2.45, 2.75) is 63.5 Å². The molecule has 1 aliphatic heterocycles. The van der Waals surface area contributed by atoms with E-state index in [2.05, 4.69) is 0 Å². The SMILES string of the molecule is CO[C@@H]1CCC[C@H](CC(=O)N2CCC[C@@H]2CC(=O)c2cccs2)C1. The Morgan fingerprint density at radius 3 is 2.88 bits per heavy atom. The van der Waals surface area contributed by atoms with E-state index in [1.165, 1.54) is 11.3 Å². The number of likely N-dealkylation sites (tertiary alicyclic amines) is 1. The summed E-state index contributed by atoms with van der Waals surface area (Å²) in [7, 11) is 1.77. The second-order valence-electron chi connectivity index (χ2n) is 7.08. The first kappa shape index (κ1) is 17.6. The molecule has 1 aliphatic carbocycles. The van der Waals surface area contributed by atoms with E-state index in [9.17, 15) is 9.59 Å². The molecular formula is C19H27NO3S. The number of methoxy groups -OCH3 is 1. The van der Waals surface area contributed by atoms with E-state index in [0.717, 1.165) is 49.9 Å². The number of hydrogen-bond donors (Lipinski definition) is 0. The second-order valence-corrected chi connectivity index (χ2v) is 8.03. The van der Waals surface area contributed by atoms with Gasteiger partial charge >= 0.3 is 0 Å². The van der Waals surface area contributed by atoms with Crippen molar-refractivity contribution in [3.05, 3.63) is 22.4 Å². The maximum atomic E-state index is 12.8. The lowest BCUT2D eigenvalue weighted by molar-refractivity contribution is -0.133. The van der Waals surface area contributed by atoms with Gasteiger partial charge in [0.2, 0.25) is 5.91 Å². The Bertz CT molecular complexity index is 557. The molecule has 1 aromatic rings. The van der Waals surface area contributed by atoms with Crippen molar-refractivity contribution in [1.82, 2.24) is 4.90 Å². The summed E-state index contributed by atoms with van der Waals surface area (Å²) in [6.45, 7) is 0.807. The van der Waals surface area contributed by atoms with E-state index >= 15 is 0 Å². The summed E-state index contributed by atoms with van der Waals surface area (Å²) in [4.78, 5) is 27.9. The summed E-state index contributed by atoms with van der Waals surface area (Å²) in [6, 6.07) is 3.88. The number of hydrogen-bond acceptors (Lipinski definition) is 4. The average Bonchev–Trinajstić information content (AvgIpc) is 3.26. The lowest BCUT2D eigenvalue weighted by Crippen LogP contribution is -2.38. The lowest BCUT2D eigenvalue weighted by atomic mass is 9.84. The summed E-state index contributed by atoms with van der Waals surface area (Å²) in [5.41, 5.74) is 0. The second kappa shape index (κ2) is 8.26. The minimum absolute atomic E-state index is 0.0916. The van der Waals surface area contributed by atoms with E-state index in [1.807, 2.05) is 22.4 Å². The number of ether oxygens (including phenoxy) is 1. The number of amides is 1. The van der Waals surface area contributed by atoms with E-state index in [1.54, 1.807) is 7.11 Å². The Hall–Kier alpha value is -1.20. The van der Waals surface area contributed by atoms with Gasteiger partial charge < -0.3 is 9.64 Å². The number of thiophene rings is 1. The summed E-state index contributed by atoms with van der Waals surface area (Å²) >= 11 is 1.49. The number of nitrogens with zero attached hydrogens (tertiary/aromatic N) is 1. The average molecular weight is 349 g/mol. The van der Waals surface area contributed by atoms with Crippen LogP contribution in [-0.2, 0) is 9.53 Å². The van der Waals surface area contributed by atoms with Crippen LogP contribution in [0, 0.1) is 5.92 Å². The van der Waals surface area contributed by atoms with Crippen LogP contribution in [0.5, 0.6) is 0 Å². The molecule has 24 heavy (non-hydrogen) atoms. The van der Waals surface area contributed by atoms with E-state index < -0.39 is 0 Å². The Morgan fingerprint density at radius 1 is 1.25 bits per heavy atom. The number of rotatable bonds is 6. The molecule has 2 aliphatic rings. The zero-order valence-electron chi connectivity index (χ0n) is 14.4. The van der Waals surface area contributed by atoms with Crippen molar-refractivity contribution in [3.8, 4) is 0 Å². The minimum atomic E-state index is 0.0916. The van der Waals surface area contributed by atoms with E-state index in [4.69, 9.17) is 4.74 Å². The van der Waals surface area contributed by atoms with Crippen molar-refractivity contribution in [2.75, 3.05) is 13.7 Å². The van der Waals surface area contributed by atoms with Crippen molar-refractivity contribution < 1.29 is 14.3 Å². The standard InChI is InChI=1S/C19H27NO3S/c1-23-16-7-2-5-14(11-16)12-19(22)20-9-3-6-15(20)13-17(21)18-8-4-10-24-18/h4,8,10,14-16H,2-3,5-7,9,11-13H2,1H3/t14-,15+,16+/m0/s1.